The highest BCUT2D eigenvalue weighted by atomic mass is 79.9. The van der Waals surface area contributed by atoms with E-state index in [0.717, 1.165) is 22.3 Å². The van der Waals surface area contributed by atoms with Crippen LogP contribution in [0.2, 0.25) is 0 Å². The third kappa shape index (κ3) is 3.72. The number of hydrogen-bond donors (Lipinski definition) is 1. The van der Waals surface area contributed by atoms with Gasteiger partial charge in [-0.25, -0.2) is 0 Å². The zero-order valence-electron chi connectivity index (χ0n) is 11.2. The van der Waals surface area contributed by atoms with Crippen LogP contribution in [-0.4, -0.2) is 12.6 Å². The lowest BCUT2D eigenvalue weighted by molar-refractivity contribution is 0.686. The van der Waals surface area contributed by atoms with Gasteiger partial charge in [0, 0.05) is 28.8 Å². The van der Waals surface area contributed by atoms with Crippen LogP contribution in [0.3, 0.4) is 0 Å². The summed E-state index contributed by atoms with van der Waals surface area (Å²) in [6.07, 6.45) is 0.533. The number of rotatable bonds is 5. The summed E-state index contributed by atoms with van der Waals surface area (Å²) in [7, 11) is 0. The molecule has 0 saturated heterocycles. The second-order valence-electron chi connectivity index (χ2n) is 4.69. The molecule has 3 nitrogen and oxygen atoms in total. The van der Waals surface area contributed by atoms with E-state index < -0.39 is 0 Å². The number of nitrogens with two attached hydrogens (primary N) is 1. The molecule has 98 valence electrons. The van der Waals surface area contributed by atoms with Gasteiger partial charge in [-0.2, -0.15) is 5.26 Å². The molecule has 2 N–H and O–H groups in total. The maximum Gasteiger partial charge on any atom is 0.0640 e. The monoisotopic (exact) mass is 309 g/mol. The minimum atomic E-state index is 0.0139. The summed E-state index contributed by atoms with van der Waals surface area (Å²) < 4.78 is 1.03. The molecule has 0 aliphatic carbocycles. The number of halogens is 1. The summed E-state index contributed by atoms with van der Waals surface area (Å²) in [5.74, 6) is 0. The van der Waals surface area contributed by atoms with Crippen molar-refractivity contribution in [1.82, 2.24) is 0 Å². The summed E-state index contributed by atoms with van der Waals surface area (Å²) in [6.45, 7) is 6.98. The quantitative estimate of drug-likeness (QED) is 0.904. The van der Waals surface area contributed by atoms with Crippen molar-refractivity contribution in [2.75, 3.05) is 11.4 Å². The van der Waals surface area contributed by atoms with Crippen molar-refractivity contribution in [1.29, 1.82) is 5.26 Å². The predicted octanol–water partition coefficient (Wildman–Crippen LogP) is 3.60. The van der Waals surface area contributed by atoms with E-state index in [9.17, 15) is 0 Å². The maximum atomic E-state index is 8.71. The van der Waals surface area contributed by atoms with Crippen LogP contribution in [0, 0.1) is 11.3 Å². The Morgan fingerprint density at radius 3 is 2.50 bits per heavy atom. The third-order valence-electron chi connectivity index (χ3n) is 2.89. The zero-order chi connectivity index (χ0) is 13.7. The molecule has 0 aliphatic rings. The molecule has 1 atom stereocenters. The fourth-order valence-electron chi connectivity index (χ4n) is 1.92. The van der Waals surface area contributed by atoms with Gasteiger partial charge in [0.25, 0.3) is 0 Å². The molecule has 1 aromatic rings. The molecule has 4 heteroatoms. The molecule has 0 heterocycles. The van der Waals surface area contributed by atoms with Crippen LogP contribution < -0.4 is 10.6 Å². The number of benzene rings is 1. The fourth-order valence-corrected chi connectivity index (χ4v) is 2.65. The van der Waals surface area contributed by atoms with Gasteiger partial charge in [0.2, 0.25) is 0 Å². The Morgan fingerprint density at radius 2 is 2.06 bits per heavy atom. The SMILES string of the molecule is CC(C)N(CCC#N)c1ccc([C@H](C)N)c(Br)c1. The van der Waals surface area contributed by atoms with Crippen LogP contribution in [-0.2, 0) is 0 Å². The average molecular weight is 310 g/mol. The minimum Gasteiger partial charge on any atom is -0.368 e. The highest BCUT2D eigenvalue weighted by Crippen LogP contribution is 2.28. The normalized spacial score (nSPS) is 12.3. The molecule has 0 amide bonds. The molecule has 0 fully saturated rings. The van der Waals surface area contributed by atoms with Crippen molar-refractivity contribution in [3.63, 3.8) is 0 Å². The van der Waals surface area contributed by atoms with Crippen LogP contribution >= 0.6 is 15.9 Å². The summed E-state index contributed by atoms with van der Waals surface area (Å²) in [4.78, 5) is 2.22. The lowest BCUT2D eigenvalue weighted by Gasteiger charge is -2.29. The molecule has 1 aromatic carbocycles. The van der Waals surface area contributed by atoms with E-state index in [4.69, 9.17) is 11.0 Å². The van der Waals surface area contributed by atoms with Gasteiger partial charge in [-0.15, -0.1) is 0 Å². The molecule has 0 radical (unpaired) electrons. The van der Waals surface area contributed by atoms with Crippen LogP contribution in [0.15, 0.2) is 22.7 Å². The van der Waals surface area contributed by atoms with Gasteiger partial charge in [-0.05, 0) is 38.5 Å². The van der Waals surface area contributed by atoms with E-state index in [-0.39, 0.29) is 6.04 Å². The lowest BCUT2D eigenvalue weighted by atomic mass is 10.1. The van der Waals surface area contributed by atoms with Gasteiger partial charge in [-0.1, -0.05) is 22.0 Å². The van der Waals surface area contributed by atoms with Gasteiger partial charge in [-0.3, -0.25) is 0 Å². The van der Waals surface area contributed by atoms with Gasteiger partial charge in [0.1, 0.15) is 0 Å². The maximum absolute atomic E-state index is 8.71. The first-order valence-electron chi connectivity index (χ1n) is 6.16. The Balaban J connectivity index is 3.00. The van der Waals surface area contributed by atoms with Gasteiger partial charge < -0.3 is 10.6 Å². The van der Waals surface area contributed by atoms with E-state index >= 15 is 0 Å². The molecule has 0 spiro atoms. The molecular weight excluding hydrogens is 290 g/mol. The summed E-state index contributed by atoms with van der Waals surface area (Å²) >= 11 is 3.56. The summed E-state index contributed by atoms with van der Waals surface area (Å²) in [5, 5.41) is 8.71. The smallest absolute Gasteiger partial charge is 0.0640 e. The van der Waals surface area contributed by atoms with Crippen LogP contribution in [0.5, 0.6) is 0 Å². The Morgan fingerprint density at radius 1 is 1.39 bits per heavy atom. The lowest BCUT2D eigenvalue weighted by Crippen LogP contribution is -2.31. The van der Waals surface area contributed by atoms with E-state index in [0.29, 0.717) is 12.5 Å². The van der Waals surface area contributed by atoms with E-state index in [1.165, 1.54) is 0 Å². The molecule has 1 rings (SSSR count). The zero-order valence-corrected chi connectivity index (χ0v) is 12.7. The molecule has 0 unspecified atom stereocenters. The first-order valence-corrected chi connectivity index (χ1v) is 6.95. The highest BCUT2D eigenvalue weighted by molar-refractivity contribution is 9.10. The Kier molecular flexibility index (Phi) is 5.64. The number of nitrogens with zero attached hydrogens (tertiary/aromatic N) is 2. The van der Waals surface area contributed by atoms with E-state index in [2.05, 4.69) is 52.9 Å². The molecule has 0 aliphatic heterocycles. The van der Waals surface area contributed by atoms with E-state index in [1.54, 1.807) is 0 Å². The molecule has 18 heavy (non-hydrogen) atoms. The third-order valence-corrected chi connectivity index (χ3v) is 3.58. The second-order valence-corrected chi connectivity index (χ2v) is 5.54. The Bertz CT molecular complexity index is 435. The van der Waals surface area contributed by atoms with Gasteiger partial charge in [0.15, 0.2) is 0 Å². The summed E-state index contributed by atoms with van der Waals surface area (Å²) in [6, 6.07) is 8.77. The van der Waals surface area contributed by atoms with Crippen molar-refractivity contribution < 1.29 is 0 Å². The first-order chi connectivity index (χ1) is 8.47. The largest absolute Gasteiger partial charge is 0.368 e. The molecular formula is C14H20BrN3. The standard InChI is InChI=1S/C14H20BrN3/c1-10(2)18(8-4-7-16)12-5-6-13(11(3)17)14(15)9-12/h5-6,9-11H,4,8,17H2,1-3H3/t11-/m0/s1. The van der Waals surface area contributed by atoms with Crippen molar-refractivity contribution in [2.45, 2.75) is 39.3 Å². The predicted molar refractivity (Wildman–Crippen MR) is 79.5 cm³/mol. The fraction of sp³-hybridized carbons (Fsp3) is 0.500. The van der Waals surface area contributed by atoms with Crippen LogP contribution in [0.25, 0.3) is 0 Å². The van der Waals surface area contributed by atoms with Crippen molar-refractivity contribution >= 4 is 21.6 Å². The molecule has 0 saturated carbocycles. The first kappa shape index (κ1) is 15.0. The van der Waals surface area contributed by atoms with Crippen LogP contribution in [0.1, 0.15) is 38.8 Å². The number of nitriles is 1. The van der Waals surface area contributed by atoms with Crippen molar-refractivity contribution in [3.8, 4) is 6.07 Å². The van der Waals surface area contributed by atoms with E-state index in [1.807, 2.05) is 13.0 Å². The van der Waals surface area contributed by atoms with Crippen molar-refractivity contribution in [2.24, 2.45) is 5.73 Å². The second kappa shape index (κ2) is 6.77. The summed E-state index contributed by atoms with van der Waals surface area (Å²) in [5.41, 5.74) is 8.12. The minimum absolute atomic E-state index is 0.0139. The number of anilines is 1. The van der Waals surface area contributed by atoms with Crippen LogP contribution in [0.4, 0.5) is 5.69 Å². The Labute approximate surface area is 118 Å². The molecule has 0 aromatic heterocycles. The van der Waals surface area contributed by atoms with Gasteiger partial charge in [0.05, 0.1) is 12.5 Å². The van der Waals surface area contributed by atoms with Gasteiger partial charge >= 0.3 is 0 Å². The topological polar surface area (TPSA) is 53.0 Å². The highest BCUT2D eigenvalue weighted by Gasteiger charge is 2.13. The average Bonchev–Trinajstić information content (AvgIpc) is 2.28. The Hall–Kier alpha value is -1.05. The van der Waals surface area contributed by atoms with Crippen molar-refractivity contribution in [3.05, 3.63) is 28.2 Å². The number of hydrogen-bond acceptors (Lipinski definition) is 3. The molecule has 0 bridgehead atoms.